The number of nitro benzene ring substituents is 1. The second-order valence-corrected chi connectivity index (χ2v) is 9.86. The van der Waals surface area contributed by atoms with Crippen molar-refractivity contribution in [2.75, 3.05) is 32.8 Å². The zero-order chi connectivity index (χ0) is 29.2. The normalized spacial score (nSPS) is 16.6. The lowest BCUT2D eigenvalue weighted by molar-refractivity contribution is -0.384. The molecule has 2 aromatic carbocycles. The van der Waals surface area contributed by atoms with Crippen molar-refractivity contribution in [3.8, 4) is 11.5 Å². The molecule has 2 N–H and O–H groups in total. The fraction of sp³-hybridized carbons (Fsp3) is 0.467. The van der Waals surface area contributed by atoms with E-state index in [1.54, 1.807) is 19.1 Å². The van der Waals surface area contributed by atoms with Gasteiger partial charge in [-0.2, -0.15) is 0 Å². The van der Waals surface area contributed by atoms with Gasteiger partial charge in [-0.1, -0.05) is 32.8 Å². The van der Waals surface area contributed by atoms with E-state index in [1.165, 1.54) is 35.2 Å². The molecule has 0 aromatic heterocycles. The lowest BCUT2D eigenvalue weighted by Gasteiger charge is -2.28. The van der Waals surface area contributed by atoms with E-state index in [2.05, 4.69) is 18.7 Å². The molecule has 1 heterocycles. The molecule has 0 spiro atoms. The maximum Gasteiger partial charge on any atom is 0.295 e. The van der Waals surface area contributed by atoms with Gasteiger partial charge in [0, 0.05) is 24.2 Å². The van der Waals surface area contributed by atoms with Crippen LogP contribution in [0.2, 0.25) is 0 Å². The quantitative estimate of drug-likeness (QED) is 0.0983. The first-order valence-corrected chi connectivity index (χ1v) is 13.9. The molecule has 10 heteroatoms. The lowest BCUT2D eigenvalue weighted by Crippen LogP contribution is -2.34. The number of aromatic hydroxyl groups is 1. The fourth-order valence-corrected chi connectivity index (χ4v) is 4.89. The van der Waals surface area contributed by atoms with Crippen LogP contribution < -0.4 is 4.74 Å². The van der Waals surface area contributed by atoms with Crippen molar-refractivity contribution in [1.82, 2.24) is 9.80 Å². The second-order valence-electron chi connectivity index (χ2n) is 9.86. The molecule has 2 aromatic rings. The Bertz CT molecular complexity index is 1220. The number of amides is 1. The summed E-state index contributed by atoms with van der Waals surface area (Å²) in [6.07, 6.45) is 4.96. The number of benzene rings is 2. The van der Waals surface area contributed by atoms with Gasteiger partial charge in [0.25, 0.3) is 17.4 Å². The van der Waals surface area contributed by atoms with Crippen LogP contribution in [0.15, 0.2) is 48.0 Å². The van der Waals surface area contributed by atoms with E-state index in [1.807, 2.05) is 0 Å². The van der Waals surface area contributed by atoms with Gasteiger partial charge >= 0.3 is 0 Å². The van der Waals surface area contributed by atoms with Crippen LogP contribution in [0, 0.1) is 10.1 Å². The highest BCUT2D eigenvalue weighted by Crippen LogP contribution is 2.42. The molecule has 0 radical (unpaired) electrons. The van der Waals surface area contributed by atoms with Crippen LogP contribution in [0.1, 0.15) is 70.0 Å². The number of unbranched alkanes of at least 4 members (excludes halogenated alkanes) is 2. The maximum atomic E-state index is 13.3. The van der Waals surface area contributed by atoms with Crippen LogP contribution in [0.3, 0.4) is 0 Å². The number of carbonyl (C=O) groups is 2. The van der Waals surface area contributed by atoms with E-state index >= 15 is 0 Å². The van der Waals surface area contributed by atoms with Gasteiger partial charge in [-0.05, 0) is 75.6 Å². The summed E-state index contributed by atoms with van der Waals surface area (Å²) in [5.41, 5.74) is 0.408. The maximum absolute atomic E-state index is 13.3. The Labute approximate surface area is 235 Å². The number of hydrogen-bond acceptors (Lipinski definition) is 8. The standard InChI is InChI=1S/C30H39N3O7/c1-4-7-16-31(17-8-5-2)18-9-19-32-27(22-12-15-24(34)25(20-22)40-6-3)26(29(36)30(32)37)28(35)21-10-13-23(14-11-21)33(38)39/h10-15,20,27,34-35H,4-9,16-19H2,1-3H3/t27-/m0/s1. The summed E-state index contributed by atoms with van der Waals surface area (Å²) in [5, 5.41) is 32.6. The van der Waals surface area contributed by atoms with Gasteiger partial charge in [-0.25, -0.2) is 0 Å². The molecule has 3 rings (SSSR count). The second kappa shape index (κ2) is 14.5. The van der Waals surface area contributed by atoms with E-state index in [0.717, 1.165) is 45.3 Å². The van der Waals surface area contributed by atoms with Crippen LogP contribution in [0.5, 0.6) is 11.5 Å². The number of nitrogens with zero attached hydrogens (tertiary/aromatic N) is 3. The van der Waals surface area contributed by atoms with Crippen LogP contribution in [-0.2, 0) is 9.59 Å². The Morgan fingerprint density at radius 1 is 1.00 bits per heavy atom. The molecule has 216 valence electrons. The zero-order valence-electron chi connectivity index (χ0n) is 23.5. The molecule has 40 heavy (non-hydrogen) atoms. The highest BCUT2D eigenvalue weighted by molar-refractivity contribution is 6.46. The van der Waals surface area contributed by atoms with Gasteiger partial charge in [0.2, 0.25) is 0 Å². The van der Waals surface area contributed by atoms with Crippen molar-refractivity contribution in [3.63, 3.8) is 0 Å². The first-order valence-electron chi connectivity index (χ1n) is 13.9. The van der Waals surface area contributed by atoms with E-state index in [4.69, 9.17) is 4.74 Å². The summed E-state index contributed by atoms with van der Waals surface area (Å²) in [5.74, 6) is -1.86. The van der Waals surface area contributed by atoms with Gasteiger partial charge in [0.15, 0.2) is 11.5 Å². The molecular formula is C30H39N3O7. The summed E-state index contributed by atoms with van der Waals surface area (Å²) in [6.45, 7) is 9.35. The number of nitro groups is 1. The van der Waals surface area contributed by atoms with Crippen molar-refractivity contribution < 1.29 is 29.5 Å². The molecule has 1 aliphatic heterocycles. The molecule has 1 saturated heterocycles. The third-order valence-electron chi connectivity index (χ3n) is 7.02. The number of Topliss-reactive ketones (excluding diaryl/α,β-unsaturated/α-hetero) is 1. The van der Waals surface area contributed by atoms with Crippen molar-refractivity contribution in [2.24, 2.45) is 0 Å². The smallest absolute Gasteiger partial charge is 0.295 e. The van der Waals surface area contributed by atoms with E-state index < -0.39 is 28.4 Å². The van der Waals surface area contributed by atoms with Crippen molar-refractivity contribution >= 4 is 23.1 Å². The number of aliphatic hydroxyl groups excluding tert-OH is 1. The fourth-order valence-electron chi connectivity index (χ4n) is 4.89. The molecule has 1 amide bonds. The molecule has 0 saturated carbocycles. The number of ketones is 1. The van der Waals surface area contributed by atoms with Gasteiger partial charge in [-0.3, -0.25) is 19.7 Å². The molecular weight excluding hydrogens is 514 g/mol. The van der Waals surface area contributed by atoms with Crippen molar-refractivity contribution in [3.05, 3.63) is 69.3 Å². The molecule has 0 bridgehead atoms. The van der Waals surface area contributed by atoms with Gasteiger partial charge in [0.1, 0.15) is 5.76 Å². The Hall–Kier alpha value is -3.92. The number of likely N-dealkylation sites (tertiary alicyclic amines) is 1. The average Bonchev–Trinajstić information content (AvgIpc) is 3.20. The van der Waals surface area contributed by atoms with Crippen molar-refractivity contribution in [2.45, 2.75) is 58.9 Å². The number of aliphatic hydroxyl groups is 1. The number of hydrogen-bond donors (Lipinski definition) is 2. The Morgan fingerprint density at radius 3 is 2.20 bits per heavy atom. The minimum atomic E-state index is -0.922. The van der Waals surface area contributed by atoms with Crippen LogP contribution in [0.4, 0.5) is 5.69 Å². The summed E-state index contributed by atoms with van der Waals surface area (Å²) in [4.78, 5) is 41.0. The Balaban J connectivity index is 2.00. The monoisotopic (exact) mass is 553 g/mol. The highest BCUT2D eigenvalue weighted by Gasteiger charge is 2.46. The summed E-state index contributed by atoms with van der Waals surface area (Å²) in [7, 11) is 0. The molecule has 1 aliphatic rings. The number of rotatable bonds is 15. The first-order chi connectivity index (χ1) is 19.2. The summed E-state index contributed by atoms with van der Waals surface area (Å²) < 4.78 is 5.54. The average molecular weight is 554 g/mol. The Morgan fingerprint density at radius 2 is 1.62 bits per heavy atom. The molecule has 0 aliphatic carbocycles. The third kappa shape index (κ3) is 7.18. The highest BCUT2D eigenvalue weighted by atomic mass is 16.6. The largest absolute Gasteiger partial charge is 0.507 e. The molecule has 1 fully saturated rings. The number of phenols is 1. The van der Waals surface area contributed by atoms with E-state index in [0.29, 0.717) is 18.6 Å². The van der Waals surface area contributed by atoms with Gasteiger partial charge < -0.3 is 24.7 Å². The van der Waals surface area contributed by atoms with Crippen LogP contribution >= 0.6 is 0 Å². The van der Waals surface area contributed by atoms with Gasteiger partial charge in [0.05, 0.1) is 23.1 Å². The van der Waals surface area contributed by atoms with Crippen molar-refractivity contribution in [1.29, 1.82) is 0 Å². The lowest BCUT2D eigenvalue weighted by atomic mass is 9.95. The van der Waals surface area contributed by atoms with Crippen LogP contribution in [0.25, 0.3) is 5.76 Å². The minimum Gasteiger partial charge on any atom is -0.507 e. The zero-order valence-corrected chi connectivity index (χ0v) is 23.5. The van der Waals surface area contributed by atoms with Crippen LogP contribution in [-0.4, -0.2) is 69.4 Å². The predicted molar refractivity (Wildman–Crippen MR) is 152 cm³/mol. The van der Waals surface area contributed by atoms with E-state index in [9.17, 15) is 29.9 Å². The molecule has 1 atom stereocenters. The number of phenolic OH excluding ortho intramolecular Hbond substituents is 1. The SMILES string of the molecule is CCCCN(CCCC)CCCN1C(=O)C(=O)C(=C(O)c2ccc([N+](=O)[O-])cc2)[C@@H]1c1ccc(O)c(OCC)c1. The molecule has 0 unspecified atom stereocenters. The third-order valence-corrected chi connectivity index (χ3v) is 7.02. The first kappa shape index (κ1) is 30.6. The number of carbonyl (C=O) groups excluding carboxylic acids is 2. The molecule has 10 nitrogen and oxygen atoms in total. The summed E-state index contributed by atoms with van der Waals surface area (Å²) >= 11 is 0. The van der Waals surface area contributed by atoms with Gasteiger partial charge in [-0.15, -0.1) is 0 Å². The minimum absolute atomic E-state index is 0.0830. The Kier molecular flexibility index (Phi) is 11.1. The summed E-state index contributed by atoms with van der Waals surface area (Å²) in [6, 6.07) is 8.84. The van der Waals surface area contributed by atoms with E-state index in [-0.39, 0.29) is 34.9 Å². The number of ether oxygens (including phenoxy) is 1. The number of non-ortho nitro benzene ring substituents is 1. The topological polar surface area (TPSA) is 133 Å². The predicted octanol–water partition coefficient (Wildman–Crippen LogP) is 5.41.